The number of nitrogens with one attached hydrogen (secondary N) is 1. The smallest absolute Gasteiger partial charge is 0.340 e. The highest BCUT2D eigenvalue weighted by Crippen LogP contribution is 2.31. The van der Waals surface area contributed by atoms with Gasteiger partial charge < -0.3 is 10.1 Å². The summed E-state index contributed by atoms with van der Waals surface area (Å²) in [6.45, 7) is 7.08. The van der Waals surface area contributed by atoms with E-state index in [-0.39, 0.29) is 29.3 Å². The highest BCUT2D eigenvalue weighted by molar-refractivity contribution is 8.00. The highest BCUT2D eigenvalue weighted by atomic mass is 32.2. The molecule has 0 atom stereocenters. The molecule has 0 fully saturated rings. The molecule has 8 nitrogen and oxygen atoms in total. The van der Waals surface area contributed by atoms with E-state index < -0.39 is 17.7 Å². The molecule has 1 aromatic carbocycles. The van der Waals surface area contributed by atoms with E-state index in [1.807, 2.05) is 6.07 Å². The lowest BCUT2D eigenvalue weighted by molar-refractivity contribution is -0.113. The zero-order valence-corrected chi connectivity index (χ0v) is 20.4. The van der Waals surface area contributed by atoms with Gasteiger partial charge in [0.15, 0.2) is 0 Å². The third kappa shape index (κ3) is 5.34. The maximum atomic E-state index is 13.4. The summed E-state index contributed by atoms with van der Waals surface area (Å²) in [5.74, 6) is -1.22. The molecule has 35 heavy (non-hydrogen) atoms. The topological polar surface area (TPSA) is 121 Å². The Morgan fingerprint density at radius 2 is 1.86 bits per heavy atom. The number of carbonyl (C=O) groups excluding carboxylic acids is 2. The van der Waals surface area contributed by atoms with Crippen molar-refractivity contribution in [3.8, 4) is 17.8 Å². The van der Waals surface area contributed by atoms with Crippen LogP contribution in [0.1, 0.15) is 45.4 Å². The van der Waals surface area contributed by atoms with Crippen LogP contribution in [0.5, 0.6) is 0 Å². The van der Waals surface area contributed by atoms with Crippen molar-refractivity contribution in [2.75, 3.05) is 17.7 Å². The summed E-state index contributed by atoms with van der Waals surface area (Å²) in [6.07, 6.45) is 0. The number of aromatic nitrogens is 2. The maximum absolute atomic E-state index is 13.4. The molecule has 0 bridgehead atoms. The van der Waals surface area contributed by atoms with Crippen LogP contribution in [0.15, 0.2) is 35.4 Å². The van der Waals surface area contributed by atoms with Gasteiger partial charge in [0.2, 0.25) is 5.91 Å². The van der Waals surface area contributed by atoms with Crippen LogP contribution in [-0.4, -0.2) is 33.8 Å². The standard InChI is InChI=1S/C25H22FN5O3S/c1-5-34-25(33)20-10-17(11-27)24(29-15(20)3)35-13-22(32)30-23-21(12-28)14(2)16(4)31(23)19-8-6-18(26)7-9-19/h6-10H,5,13H2,1-4H3,(H,30,32). The third-order valence-electron chi connectivity index (χ3n) is 5.30. The maximum Gasteiger partial charge on any atom is 0.340 e. The minimum absolute atomic E-state index is 0.0998. The van der Waals surface area contributed by atoms with Crippen LogP contribution in [0.3, 0.4) is 0 Å². The predicted octanol–water partition coefficient (Wildman–Crippen LogP) is 4.59. The van der Waals surface area contributed by atoms with E-state index in [2.05, 4.69) is 16.4 Å². The fraction of sp³-hybridized carbons (Fsp3) is 0.240. The highest BCUT2D eigenvalue weighted by Gasteiger charge is 2.22. The van der Waals surface area contributed by atoms with Crippen LogP contribution in [0.25, 0.3) is 5.69 Å². The Hall–Kier alpha value is -4.15. The summed E-state index contributed by atoms with van der Waals surface area (Å²) in [7, 11) is 0. The lowest BCUT2D eigenvalue weighted by atomic mass is 10.1. The SMILES string of the molecule is CCOC(=O)c1cc(C#N)c(SCC(=O)Nc2c(C#N)c(C)c(C)n2-c2ccc(F)cc2)nc1C. The molecule has 0 spiro atoms. The lowest BCUT2D eigenvalue weighted by Crippen LogP contribution is -2.18. The van der Waals surface area contributed by atoms with Crippen LogP contribution >= 0.6 is 11.8 Å². The second kappa shape index (κ2) is 10.9. The van der Waals surface area contributed by atoms with Gasteiger partial charge in [-0.05, 0) is 63.6 Å². The van der Waals surface area contributed by atoms with Gasteiger partial charge in [0, 0.05) is 11.4 Å². The van der Waals surface area contributed by atoms with Gasteiger partial charge in [0.05, 0.1) is 34.7 Å². The Kier molecular flexibility index (Phi) is 7.90. The summed E-state index contributed by atoms with van der Waals surface area (Å²) >= 11 is 1.04. The van der Waals surface area contributed by atoms with Crippen LogP contribution in [0.2, 0.25) is 0 Å². The fourth-order valence-corrected chi connectivity index (χ4v) is 4.27. The summed E-state index contributed by atoms with van der Waals surface area (Å²) in [5.41, 5.74) is 3.04. The Morgan fingerprint density at radius 1 is 1.17 bits per heavy atom. The molecule has 0 aliphatic carbocycles. The average Bonchev–Trinajstić information content (AvgIpc) is 3.07. The Balaban J connectivity index is 1.86. The second-order valence-electron chi connectivity index (χ2n) is 7.50. The van der Waals surface area contributed by atoms with Crippen molar-refractivity contribution >= 4 is 29.5 Å². The van der Waals surface area contributed by atoms with Gasteiger partial charge in [-0.1, -0.05) is 11.8 Å². The van der Waals surface area contributed by atoms with E-state index in [9.17, 15) is 24.5 Å². The van der Waals surface area contributed by atoms with Gasteiger partial charge in [-0.25, -0.2) is 14.2 Å². The van der Waals surface area contributed by atoms with E-state index >= 15 is 0 Å². The number of halogens is 1. The zero-order chi connectivity index (χ0) is 25.7. The number of carbonyl (C=O) groups is 2. The molecule has 0 aliphatic rings. The van der Waals surface area contributed by atoms with Crippen LogP contribution in [0, 0.1) is 49.3 Å². The summed E-state index contributed by atoms with van der Waals surface area (Å²) in [5, 5.41) is 22.3. The van der Waals surface area contributed by atoms with Crippen LogP contribution in [-0.2, 0) is 9.53 Å². The van der Waals surface area contributed by atoms with Gasteiger partial charge >= 0.3 is 5.97 Å². The number of hydrogen-bond donors (Lipinski definition) is 1. The largest absolute Gasteiger partial charge is 0.462 e. The first-order valence-electron chi connectivity index (χ1n) is 10.6. The van der Waals surface area contributed by atoms with E-state index in [0.717, 1.165) is 17.5 Å². The molecule has 0 saturated heterocycles. The van der Waals surface area contributed by atoms with Crippen molar-refractivity contribution < 1.29 is 18.7 Å². The van der Waals surface area contributed by atoms with Gasteiger partial charge in [-0.2, -0.15) is 10.5 Å². The number of nitriles is 2. The monoisotopic (exact) mass is 491 g/mol. The van der Waals surface area contributed by atoms with Crippen molar-refractivity contribution in [3.63, 3.8) is 0 Å². The fourth-order valence-electron chi connectivity index (χ4n) is 3.46. The first kappa shape index (κ1) is 25.5. The van der Waals surface area contributed by atoms with Gasteiger partial charge in [0.1, 0.15) is 28.8 Å². The van der Waals surface area contributed by atoms with Crippen molar-refractivity contribution in [3.05, 3.63) is 69.8 Å². The van der Waals surface area contributed by atoms with E-state index in [1.54, 1.807) is 44.4 Å². The molecule has 0 radical (unpaired) electrons. The molecular weight excluding hydrogens is 469 g/mol. The first-order chi connectivity index (χ1) is 16.7. The summed E-state index contributed by atoms with van der Waals surface area (Å²) < 4.78 is 20.1. The number of nitrogens with zero attached hydrogens (tertiary/aromatic N) is 4. The molecule has 178 valence electrons. The number of esters is 1. The molecular formula is C25H22FN5O3S. The van der Waals surface area contributed by atoms with Crippen LogP contribution in [0.4, 0.5) is 10.2 Å². The normalized spacial score (nSPS) is 10.4. The van der Waals surface area contributed by atoms with Gasteiger partial charge in [-0.3, -0.25) is 9.36 Å². The number of anilines is 1. The molecule has 1 N–H and O–H groups in total. The van der Waals surface area contributed by atoms with Gasteiger partial charge in [0.25, 0.3) is 0 Å². The first-order valence-corrected chi connectivity index (χ1v) is 11.6. The quantitative estimate of drug-likeness (QED) is 0.379. The Bertz CT molecular complexity index is 1380. The number of aryl methyl sites for hydroxylation is 1. The van der Waals surface area contributed by atoms with Crippen molar-refractivity contribution in [1.82, 2.24) is 9.55 Å². The van der Waals surface area contributed by atoms with Gasteiger partial charge in [-0.15, -0.1) is 0 Å². The molecule has 0 saturated carbocycles. The number of hydrogen-bond acceptors (Lipinski definition) is 7. The number of thioether (sulfide) groups is 1. The van der Waals surface area contributed by atoms with Crippen molar-refractivity contribution in [1.29, 1.82) is 10.5 Å². The molecule has 10 heteroatoms. The second-order valence-corrected chi connectivity index (χ2v) is 8.46. The van der Waals surface area contributed by atoms with Crippen molar-refractivity contribution in [2.24, 2.45) is 0 Å². The predicted molar refractivity (Wildman–Crippen MR) is 129 cm³/mol. The van der Waals surface area contributed by atoms with E-state index in [0.29, 0.717) is 27.5 Å². The minimum Gasteiger partial charge on any atom is -0.462 e. The molecule has 2 aromatic heterocycles. The van der Waals surface area contributed by atoms with E-state index in [1.165, 1.54) is 18.2 Å². The molecule has 0 aliphatic heterocycles. The number of ether oxygens (including phenoxy) is 1. The number of pyridine rings is 1. The number of benzene rings is 1. The third-order valence-corrected chi connectivity index (χ3v) is 6.29. The average molecular weight is 492 g/mol. The molecule has 0 unspecified atom stereocenters. The number of amides is 1. The lowest BCUT2D eigenvalue weighted by Gasteiger charge is -2.13. The molecule has 1 amide bonds. The Labute approximate surface area is 206 Å². The summed E-state index contributed by atoms with van der Waals surface area (Å²) in [4.78, 5) is 29.3. The Morgan fingerprint density at radius 3 is 2.46 bits per heavy atom. The molecule has 3 aromatic rings. The summed E-state index contributed by atoms with van der Waals surface area (Å²) in [6, 6.07) is 11.2. The van der Waals surface area contributed by atoms with Crippen LogP contribution < -0.4 is 5.32 Å². The number of rotatable bonds is 7. The zero-order valence-electron chi connectivity index (χ0n) is 19.6. The van der Waals surface area contributed by atoms with E-state index in [4.69, 9.17) is 4.74 Å². The molecule has 2 heterocycles. The van der Waals surface area contributed by atoms with Crippen molar-refractivity contribution in [2.45, 2.75) is 32.7 Å². The molecule has 3 rings (SSSR count). The minimum atomic E-state index is -0.570.